The van der Waals surface area contributed by atoms with Crippen LogP contribution in [0.3, 0.4) is 0 Å². The summed E-state index contributed by atoms with van der Waals surface area (Å²) in [5.41, 5.74) is 8.56. The molecule has 2 heterocycles. The number of imidazole rings is 1. The fourth-order valence-electron chi connectivity index (χ4n) is 5.12. The minimum Gasteiger partial charge on any atom is -0.291 e. The summed E-state index contributed by atoms with van der Waals surface area (Å²) in [5.74, 6) is 0.788. The Bertz CT molecular complexity index is 1930. The summed E-state index contributed by atoms with van der Waals surface area (Å²) in [6.45, 7) is -2.19. The molecule has 0 radical (unpaired) electrons. The molecular weight excluding hydrogens is 468 g/mol. The van der Waals surface area contributed by atoms with Crippen molar-refractivity contribution in [2.45, 2.75) is 6.85 Å². The quantitative estimate of drug-likeness (QED) is 0.238. The van der Waals surface area contributed by atoms with E-state index in [0.717, 1.165) is 60.4 Å². The minimum absolute atomic E-state index is 0.331. The second kappa shape index (κ2) is 8.88. The smallest absolute Gasteiger partial charge is 0.147 e. The number of hydrogen-bond donors (Lipinski definition) is 0. The zero-order valence-electron chi connectivity index (χ0n) is 22.9. The van der Waals surface area contributed by atoms with Crippen LogP contribution in [0.4, 0.5) is 0 Å². The molecule has 3 heteroatoms. The largest absolute Gasteiger partial charge is 0.291 e. The third-order valence-electron chi connectivity index (χ3n) is 6.80. The Morgan fingerprint density at radius 1 is 0.676 bits per heavy atom. The summed E-state index contributed by atoms with van der Waals surface area (Å²) in [5, 5.41) is 2.99. The van der Waals surface area contributed by atoms with Crippen molar-refractivity contribution in [1.29, 1.82) is 0 Å². The van der Waals surface area contributed by atoms with Crippen LogP contribution in [-0.2, 0) is 0 Å². The van der Waals surface area contributed by atoms with Gasteiger partial charge in [-0.3, -0.25) is 4.57 Å². The van der Waals surface area contributed by atoms with Crippen LogP contribution in [0.15, 0.2) is 127 Å². The summed E-state index contributed by atoms with van der Waals surface area (Å²) in [6, 6.07) is 40.9. The Balaban J connectivity index is 1.60. The second-order valence-corrected chi connectivity index (χ2v) is 9.96. The van der Waals surface area contributed by atoms with Gasteiger partial charge in [0, 0.05) is 36.3 Å². The number of aryl methyl sites for hydroxylation is 1. The molecule has 2 aromatic heterocycles. The standard InChI is InChI=1S/C34H24N2S/c1-23-19-20-32-28(21-23)29(22-37-32)34-35-30-17-8-9-18-31(30)36(34)33-26(24-11-4-2-5-12-24)15-10-16-27(33)25-13-6-3-7-14-25/h2-22H,1H3/i1D3. The Morgan fingerprint density at radius 3 is 2.05 bits per heavy atom. The molecule has 0 bridgehead atoms. The number of nitrogens with zero attached hydrogens (tertiary/aromatic N) is 2. The van der Waals surface area contributed by atoms with Gasteiger partial charge >= 0.3 is 0 Å². The van der Waals surface area contributed by atoms with Crippen molar-refractivity contribution < 1.29 is 4.11 Å². The van der Waals surface area contributed by atoms with E-state index in [2.05, 4.69) is 82.7 Å². The molecule has 7 rings (SSSR count). The van der Waals surface area contributed by atoms with Gasteiger partial charge in [-0.05, 0) is 42.2 Å². The molecule has 0 saturated carbocycles. The summed E-state index contributed by atoms with van der Waals surface area (Å²) < 4.78 is 27.3. The molecular formula is C34H24N2S. The Kier molecular flexibility index (Phi) is 4.50. The highest BCUT2D eigenvalue weighted by atomic mass is 32.1. The van der Waals surface area contributed by atoms with E-state index in [1.54, 1.807) is 23.5 Å². The molecule has 2 nitrogen and oxygen atoms in total. The van der Waals surface area contributed by atoms with E-state index in [4.69, 9.17) is 9.10 Å². The molecule has 0 fully saturated rings. The predicted octanol–water partition coefficient (Wildman–Crippen LogP) is 9.55. The number of hydrogen-bond acceptors (Lipinski definition) is 2. The van der Waals surface area contributed by atoms with Crippen LogP contribution < -0.4 is 0 Å². The summed E-state index contributed by atoms with van der Waals surface area (Å²) in [7, 11) is 0. The lowest BCUT2D eigenvalue weighted by Gasteiger charge is -2.19. The maximum Gasteiger partial charge on any atom is 0.147 e. The molecule has 0 unspecified atom stereocenters. The molecule has 0 saturated heterocycles. The first-order valence-corrected chi connectivity index (χ1v) is 13.1. The van der Waals surface area contributed by atoms with Gasteiger partial charge in [0.1, 0.15) is 5.82 Å². The van der Waals surface area contributed by atoms with Crippen molar-refractivity contribution in [3.63, 3.8) is 0 Å². The van der Waals surface area contributed by atoms with Crippen molar-refractivity contribution in [3.8, 4) is 39.3 Å². The fraction of sp³-hybridized carbons (Fsp3) is 0.0294. The zero-order valence-corrected chi connectivity index (χ0v) is 20.7. The van der Waals surface area contributed by atoms with Gasteiger partial charge in [-0.2, -0.15) is 0 Å². The van der Waals surface area contributed by atoms with Crippen LogP contribution in [0.1, 0.15) is 9.68 Å². The van der Waals surface area contributed by atoms with Gasteiger partial charge in [-0.1, -0.05) is 103 Å². The van der Waals surface area contributed by atoms with E-state index >= 15 is 0 Å². The molecule has 0 N–H and O–H groups in total. The van der Waals surface area contributed by atoms with Crippen molar-refractivity contribution in [3.05, 3.63) is 132 Å². The monoisotopic (exact) mass is 495 g/mol. The van der Waals surface area contributed by atoms with Crippen molar-refractivity contribution in [2.75, 3.05) is 0 Å². The van der Waals surface area contributed by atoms with E-state index in [-0.39, 0.29) is 0 Å². The third-order valence-corrected chi connectivity index (χ3v) is 7.77. The van der Waals surface area contributed by atoms with Crippen LogP contribution in [0.2, 0.25) is 0 Å². The lowest BCUT2D eigenvalue weighted by Crippen LogP contribution is -2.03. The van der Waals surface area contributed by atoms with Gasteiger partial charge in [0.15, 0.2) is 0 Å². The SMILES string of the molecule is [2H]C([2H])([2H])c1ccc2scc(-c3nc4ccccc4n3-c3c(-c4ccccc4)cccc3-c3ccccc3)c2c1. The maximum atomic E-state index is 8.00. The maximum absolute atomic E-state index is 8.00. The summed E-state index contributed by atoms with van der Waals surface area (Å²) >= 11 is 1.61. The highest BCUT2D eigenvalue weighted by molar-refractivity contribution is 7.17. The highest BCUT2D eigenvalue weighted by Crippen LogP contribution is 2.42. The average Bonchev–Trinajstić information content (AvgIpc) is 3.58. The molecule has 0 aliphatic carbocycles. The van der Waals surface area contributed by atoms with Gasteiger partial charge in [0.2, 0.25) is 0 Å². The van der Waals surface area contributed by atoms with Crippen LogP contribution in [-0.4, -0.2) is 9.55 Å². The number of thiophene rings is 1. The third kappa shape index (κ3) is 3.67. The van der Waals surface area contributed by atoms with E-state index in [1.807, 2.05) is 36.4 Å². The average molecular weight is 496 g/mol. The molecule has 0 aliphatic heterocycles. The molecule has 37 heavy (non-hydrogen) atoms. The van der Waals surface area contributed by atoms with Crippen molar-refractivity contribution >= 4 is 32.5 Å². The van der Waals surface area contributed by atoms with Gasteiger partial charge in [0.05, 0.1) is 16.7 Å². The zero-order chi connectivity index (χ0) is 27.3. The summed E-state index contributed by atoms with van der Waals surface area (Å²) in [6.07, 6.45) is 0. The van der Waals surface area contributed by atoms with E-state index < -0.39 is 6.85 Å². The van der Waals surface area contributed by atoms with Gasteiger partial charge in [-0.25, -0.2) is 4.98 Å². The molecule has 5 aromatic carbocycles. The van der Waals surface area contributed by atoms with Crippen molar-refractivity contribution in [1.82, 2.24) is 9.55 Å². The first-order chi connectivity index (χ1) is 19.5. The lowest BCUT2D eigenvalue weighted by molar-refractivity contribution is 1.11. The number of para-hydroxylation sites is 3. The van der Waals surface area contributed by atoms with Gasteiger partial charge in [0.25, 0.3) is 0 Å². The predicted molar refractivity (Wildman–Crippen MR) is 157 cm³/mol. The normalized spacial score (nSPS) is 12.9. The number of rotatable bonds is 4. The topological polar surface area (TPSA) is 17.8 Å². The van der Waals surface area contributed by atoms with E-state index in [0.29, 0.717) is 5.56 Å². The highest BCUT2D eigenvalue weighted by Gasteiger charge is 2.22. The van der Waals surface area contributed by atoms with Crippen LogP contribution in [0.5, 0.6) is 0 Å². The Labute approximate surface area is 224 Å². The van der Waals surface area contributed by atoms with E-state index in [1.165, 1.54) is 0 Å². The van der Waals surface area contributed by atoms with Crippen molar-refractivity contribution in [2.24, 2.45) is 0 Å². The van der Waals surface area contributed by atoms with Gasteiger partial charge < -0.3 is 0 Å². The fourth-order valence-corrected chi connectivity index (χ4v) is 6.04. The van der Waals surface area contributed by atoms with E-state index in [9.17, 15) is 0 Å². The summed E-state index contributed by atoms with van der Waals surface area (Å²) in [4.78, 5) is 5.17. The molecule has 0 atom stereocenters. The number of aromatic nitrogens is 2. The Hall–Kier alpha value is -4.47. The first kappa shape index (κ1) is 18.8. The van der Waals surface area contributed by atoms with Gasteiger partial charge in [-0.15, -0.1) is 11.3 Å². The van der Waals surface area contributed by atoms with Crippen LogP contribution in [0, 0.1) is 6.85 Å². The first-order valence-electron chi connectivity index (χ1n) is 13.7. The Morgan fingerprint density at radius 2 is 1.35 bits per heavy atom. The van der Waals surface area contributed by atoms with Crippen LogP contribution in [0.25, 0.3) is 60.4 Å². The molecule has 0 amide bonds. The molecule has 176 valence electrons. The molecule has 7 aromatic rings. The minimum atomic E-state index is -2.19. The second-order valence-electron chi connectivity index (χ2n) is 9.05. The molecule has 0 spiro atoms. The lowest BCUT2D eigenvalue weighted by atomic mass is 9.95. The molecule has 0 aliphatic rings. The number of benzene rings is 5. The number of fused-ring (bicyclic) bond motifs is 2. The van der Waals surface area contributed by atoms with Crippen LogP contribution >= 0.6 is 11.3 Å².